The zero-order valence-corrected chi connectivity index (χ0v) is 14.0. The van der Waals surface area contributed by atoms with E-state index < -0.39 is 0 Å². The summed E-state index contributed by atoms with van der Waals surface area (Å²) in [6, 6.07) is 8.61. The Kier molecular flexibility index (Phi) is 4.69. The SMILES string of the molecule is CC1CN(C)CCC1NC(c1ccco1)c1ccc(Cl)s1. The van der Waals surface area contributed by atoms with Crippen LogP contribution in [0, 0.1) is 5.92 Å². The Morgan fingerprint density at radius 2 is 2.29 bits per heavy atom. The highest BCUT2D eigenvalue weighted by atomic mass is 35.5. The molecular weight excluding hydrogens is 304 g/mol. The predicted molar refractivity (Wildman–Crippen MR) is 88.1 cm³/mol. The fourth-order valence-electron chi connectivity index (χ4n) is 3.06. The van der Waals surface area contributed by atoms with Crippen LogP contribution in [0.5, 0.6) is 0 Å². The highest BCUT2D eigenvalue weighted by Crippen LogP contribution is 2.33. The molecule has 0 radical (unpaired) electrons. The van der Waals surface area contributed by atoms with E-state index in [1.807, 2.05) is 18.2 Å². The van der Waals surface area contributed by atoms with Crippen molar-refractivity contribution in [3.8, 4) is 0 Å². The Bertz CT molecular complexity index is 569. The summed E-state index contributed by atoms with van der Waals surface area (Å²) in [5.41, 5.74) is 0. The second-order valence-electron chi connectivity index (χ2n) is 5.89. The van der Waals surface area contributed by atoms with Crippen molar-refractivity contribution in [1.29, 1.82) is 0 Å². The molecule has 3 rings (SSSR count). The second-order valence-corrected chi connectivity index (χ2v) is 7.64. The van der Waals surface area contributed by atoms with E-state index in [-0.39, 0.29) is 6.04 Å². The highest BCUT2D eigenvalue weighted by Gasteiger charge is 2.29. The van der Waals surface area contributed by atoms with Gasteiger partial charge in [0.05, 0.1) is 10.6 Å². The van der Waals surface area contributed by atoms with Gasteiger partial charge in [-0.15, -0.1) is 11.3 Å². The lowest BCUT2D eigenvalue weighted by atomic mass is 9.93. The van der Waals surface area contributed by atoms with Gasteiger partial charge in [0.1, 0.15) is 11.8 Å². The molecule has 0 aromatic carbocycles. The van der Waals surface area contributed by atoms with Crippen LogP contribution in [0.4, 0.5) is 0 Å². The lowest BCUT2D eigenvalue weighted by Crippen LogP contribution is -2.48. The first kappa shape index (κ1) is 15.1. The molecule has 1 N–H and O–H groups in total. The minimum atomic E-state index is 0.0911. The summed E-state index contributed by atoms with van der Waals surface area (Å²) in [7, 11) is 2.19. The molecule has 0 aliphatic carbocycles. The molecule has 0 saturated carbocycles. The van der Waals surface area contributed by atoms with Gasteiger partial charge in [0, 0.05) is 17.5 Å². The number of rotatable bonds is 4. The van der Waals surface area contributed by atoms with Crippen molar-refractivity contribution in [2.45, 2.75) is 25.4 Å². The molecule has 114 valence electrons. The lowest BCUT2D eigenvalue weighted by Gasteiger charge is -2.37. The van der Waals surface area contributed by atoms with Gasteiger partial charge in [0.25, 0.3) is 0 Å². The highest BCUT2D eigenvalue weighted by molar-refractivity contribution is 7.16. The maximum absolute atomic E-state index is 6.11. The first-order chi connectivity index (χ1) is 10.1. The number of hydrogen-bond donors (Lipinski definition) is 1. The quantitative estimate of drug-likeness (QED) is 0.921. The molecule has 3 atom stereocenters. The van der Waals surface area contributed by atoms with Crippen molar-refractivity contribution < 1.29 is 4.42 Å². The number of piperidine rings is 1. The molecule has 21 heavy (non-hydrogen) atoms. The normalized spacial score (nSPS) is 25.1. The minimum Gasteiger partial charge on any atom is -0.467 e. The molecule has 0 amide bonds. The number of hydrogen-bond acceptors (Lipinski definition) is 4. The van der Waals surface area contributed by atoms with Gasteiger partial charge in [-0.25, -0.2) is 0 Å². The third kappa shape index (κ3) is 3.51. The van der Waals surface area contributed by atoms with Gasteiger partial charge < -0.3 is 9.32 Å². The van der Waals surface area contributed by atoms with E-state index in [4.69, 9.17) is 16.0 Å². The molecular formula is C16H21ClN2OS. The maximum Gasteiger partial charge on any atom is 0.126 e. The van der Waals surface area contributed by atoms with E-state index in [1.54, 1.807) is 17.6 Å². The average molecular weight is 325 g/mol. The zero-order valence-electron chi connectivity index (χ0n) is 12.4. The number of nitrogens with zero attached hydrogens (tertiary/aromatic N) is 1. The van der Waals surface area contributed by atoms with Crippen molar-refractivity contribution in [3.63, 3.8) is 0 Å². The monoisotopic (exact) mass is 324 g/mol. The van der Waals surface area contributed by atoms with E-state index in [9.17, 15) is 0 Å². The van der Waals surface area contributed by atoms with Gasteiger partial charge in [-0.2, -0.15) is 0 Å². The third-order valence-electron chi connectivity index (χ3n) is 4.20. The summed E-state index contributed by atoms with van der Waals surface area (Å²) in [5.74, 6) is 1.58. The van der Waals surface area contributed by atoms with E-state index in [0.29, 0.717) is 12.0 Å². The summed E-state index contributed by atoms with van der Waals surface area (Å²) >= 11 is 7.73. The zero-order chi connectivity index (χ0) is 14.8. The minimum absolute atomic E-state index is 0.0911. The molecule has 1 aliphatic rings. The smallest absolute Gasteiger partial charge is 0.126 e. The second kappa shape index (κ2) is 6.53. The number of furan rings is 1. The fraction of sp³-hybridized carbons (Fsp3) is 0.500. The van der Waals surface area contributed by atoms with E-state index >= 15 is 0 Å². The first-order valence-electron chi connectivity index (χ1n) is 7.36. The Balaban J connectivity index is 1.80. The number of nitrogens with one attached hydrogen (secondary N) is 1. The molecule has 2 aromatic heterocycles. The van der Waals surface area contributed by atoms with Gasteiger partial charge in [0.15, 0.2) is 0 Å². The summed E-state index contributed by atoms with van der Waals surface area (Å²) in [5, 5.41) is 3.79. The largest absolute Gasteiger partial charge is 0.467 e. The van der Waals surface area contributed by atoms with Crippen molar-refractivity contribution >= 4 is 22.9 Å². The topological polar surface area (TPSA) is 28.4 Å². The number of thiophene rings is 1. The molecule has 0 bridgehead atoms. The maximum atomic E-state index is 6.11. The van der Waals surface area contributed by atoms with Gasteiger partial charge in [-0.05, 0) is 50.2 Å². The Morgan fingerprint density at radius 3 is 2.90 bits per heavy atom. The Hall–Kier alpha value is -0.810. The number of likely N-dealkylation sites (tertiary alicyclic amines) is 1. The van der Waals surface area contributed by atoms with Crippen LogP contribution in [0.25, 0.3) is 0 Å². The number of halogens is 1. The Labute approximate surface area is 134 Å². The molecule has 1 fully saturated rings. The van der Waals surface area contributed by atoms with Gasteiger partial charge in [0.2, 0.25) is 0 Å². The standard InChI is InChI=1S/C16H21ClN2OS/c1-11-10-19(2)8-7-12(11)18-16(13-4-3-9-20-13)14-5-6-15(17)21-14/h3-6,9,11-12,16,18H,7-8,10H2,1-2H3. The van der Waals surface area contributed by atoms with Crippen LogP contribution in [0.1, 0.15) is 30.0 Å². The third-order valence-corrected chi connectivity index (χ3v) is 5.49. The van der Waals surface area contributed by atoms with Crippen molar-refractivity contribution in [3.05, 3.63) is 45.5 Å². The van der Waals surface area contributed by atoms with Crippen molar-refractivity contribution in [2.75, 3.05) is 20.1 Å². The van der Waals surface area contributed by atoms with Crippen LogP contribution in [0.3, 0.4) is 0 Å². The van der Waals surface area contributed by atoms with Gasteiger partial charge in [-0.1, -0.05) is 18.5 Å². The molecule has 3 heterocycles. The van der Waals surface area contributed by atoms with E-state index in [2.05, 4.69) is 30.3 Å². The molecule has 0 spiro atoms. The van der Waals surface area contributed by atoms with Crippen molar-refractivity contribution in [1.82, 2.24) is 10.2 Å². The summed E-state index contributed by atoms with van der Waals surface area (Å²) in [6.45, 7) is 4.58. The lowest BCUT2D eigenvalue weighted by molar-refractivity contribution is 0.167. The van der Waals surface area contributed by atoms with Crippen LogP contribution in [-0.4, -0.2) is 31.1 Å². The van der Waals surface area contributed by atoms with Crippen LogP contribution >= 0.6 is 22.9 Å². The molecule has 3 nitrogen and oxygen atoms in total. The first-order valence-corrected chi connectivity index (χ1v) is 8.56. The van der Waals surface area contributed by atoms with Crippen LogP contribution in [-0.2, 0) is 0 Å². The summed E-state index contributed by atoms with van der Waals surface area (Å²) < 4.78 is 6.47. The molecule has 1 saturated heterocycles. The van der Waals surface area contributed by atoms with Crippen LogP contribution < -0.4 is 5.32 Å². The fourth-order valence-corrected chi connectivity index (χ4v) is 4.19. The molecule has 1 aliphatic heterocycles. The molecule has 2 aromatic rings. The van der Waals surface area contributed by atoms with Crippen LogP contribution in [0.15, 0.2) is 34.9 Å². The predicted octanol–water partition coefficient (Wildman–Crippen LogP) is 4.01. The van der Waals surface area contributed by atoms with Gasteiger partial charge in [-0.3, -0.25) is 5.32 Å². The summed E-state index contributed by atoms with van der Waals surface area (Å²) in [6.07, 6.45) is 2.89. The summed E-state index contributed by atoms with van der Waals surface area (Å²) in [4.78, 5) is 3.60. The van der Waals surface area contributed by atoms with Crippen molar-refractivity contribution in [2.24, 2.45) is 5.92 Å². The van der Waals surface area contributed by atoms with E-state index in [1.165, 1.54) is 4.88 Å². The molecule has 5 heteroatoms. The molecule has 3 unspecified atom stereocenters. The van der Waals surface area contributed by atoms with E-state index in [0.717, 1.165) is 29.6 Å². The Morgan fingerprint density at radius 1 is 1.43 bits per heavy atom. The van der Waals surface area contributed by atoms with Crippen LogP contribution in [0.2, 0.25) is 4.34 Å². The van der Waals surface area contributed by atoms with Gasteiger partial charge >= 0.3 is 0 Å². The average Bonchev–Trinajstić information content (AvgIpc) is 3.09.